The Balaban J connectivity index is 1.41. The maximum atomic E-state index is 12.6. The van der Waals surface area contributed by atoms with Crippen LogP contribution in [0, 0.1) is 13.8 Å². The third kappa shape index (κ3) is 3.94. The van der Waals surface area contributed by atoms with Gasteiger partial charge in [0.1, 0.15) is 0 Å². The zero-order valence-electron chi connectivity index (χ0n) is 16.1. The summed E-state index contributed by atoms with van der Waals surface area (Å²) in [4.78, 5) is 12.6. The van der Waals surface area contributed by atoms with E-state index in [1.807, 2.05) is 18.2 Å². The third-order valence-electron chi connectivity index (χ3n) is 5.21. The summed E-state index contributed by atoms with van der Waals surface area (Å²) in [5, 5.41) is 15.7. The van der Waals surface area contributed by atoms with Crippen LogP contribution in [0.2, 0.25) is 0 Å². The minimum absolute atomic E-state index is 0.00124. The minimum Gasteiger partial charge on any atom is -0.349 e. The van der Waals surface area contributed by atoms with E-state index in [0.29, 0.717) is 5.16 Å². The van der Waals surface area contributed by atoms with Crippen molar-refractivity contribution in [2.24, 2.45) is 0 Å². The molecule has 1 heterocycles. The zero-order valence-corrected chi connectivity index (χ0v) is 16.9. The lowest BCUT2D eigenvalue weighted by molar-refractivity contribution is -0.119. The Morgan fingerprint density at radius 1 is 1.21 bits per heavy atom. The quantitative estimate of drug-likeness (QED) is 0.671. The molecule has 0 bridgehead atoms. The van der Waals surface area contributed by atoms with E-state index in [1.165, 1.54) is 34.0 Å². The average Bonchev–Trinajstić information content (AvgIpc) is 3.17. The van der Waals surface area contributed by atoms with Crippen LogP contribution in [-0.2, 0) is 11.2 Å². The number of carbonyl (C=O) groups is 1. The van der Waals surface area contributed by atoms with E-state index < -0.39 is 0 Å². The Hall–Kier alpha value is -2.67. The molecule has 1 N–H and O–H groups in total. The van der Waals surface area contributed by atoms with Gasteiger partial charge in [-0.15, -0.1) is 5.10 Å². The lowest BCUT2D eigenvalue weighted by atomic mass is 9.88. The maximum absolute atomic E-state index is 12.6. The van der Waals surface area contributed by atoms with Crippen molar-refractivity contribution in [3.05, 3.63) is 64.7 Å². The molecule has 0 spiro atoms. The number of thioether (sulfide) groups is 1. The number of nitrogens with zero attached hydrogens (tertiary/aromatic N) is 4. The summed E-state index contributed by atoms with van der Waals surface area (Å²) in [5.41, 5.74) is 5.88. The Bertz CT molecular complexity index is 1000. The summed E-state index contributed by atoms with van der Waals surface area (Å²) in [6, 6.07) is 14.5. The van der Waals surface area contributed by atoms with E-state index in [1.54, 1.807) is 4.68 Å². The molecule has 7 heteroatoms. The number of nitrogens with one attached hydrogen (secondary N) is 1. The average molecular weight is 394 g/mol. The second kappa shape index (κ2) is 8.14. The molecule has 0 saturated heterocycles. The van der Waals surface area contributed by atoms with Crippen molar-refractivity contribution >= 4 is 17.7 Å². The minimum atomic E-state index is 0.00124. The predicted octanol–water partition coefficient (Wildman–Crippen LogP) is 3.57. The van der Waals surface area contributed by atoms with Crippen LogP contribution in [0.25, 0.3) is 5.69 Å². The van der Waals surface area contributed by atoms with Gasteiger partial charge in [-0.2, -0.15) is 4.68 Å². The molecule has 1 aliphatic rings. The number of carbonyl (C=O) groups excluding carboxylic acids is 1. The first kappa shape index (κ1) is 18.7. The first-order valence-corrected chi connectivity index (χ1v) is 10.5. The molecule has 3 aromatic rings. The molecule has 1 amide bonds. The lowest BCUT2D eigenvalue weighted by Gasteiger charge is -2.26. The molecule has 0 saturated carbocycles. The fraction of sp³-hybridized carbons (Fsp3) is 0.333. The molecule has 0 aliphatic heterocycles. The largest absolute Gasteiger partial charge is 0.349 e. The van der Waals surface area contributed by atoms with Crippen LogP contribution >= 0.6 is 11.8 Å². The molecule has 6 nitrogen and oxygen atoms in total. The Morgan fingerprint density at radius 2 is 2.07 bits per heavy atom. The summed E-state index contributed by atoms with van der Waals surface area (Å²) >= 11 is 1.35. The van der Waals surface area contributed by atoms with Gasteiger partial charge in [0.05, 0.1) is 17.5 Å². The van der Waals surface area contributed by atoms with Crippen LogP contribution < -0.4 is 5.32 Å². The topological polar surface area (TPSA) is 72.7 Å². The predicted molar refractivity (Wildman–Crippen MR) is 110 cm³/mol. The van der Waals surface area contributed by atoms with Gasteiger partial charge >= 0.3 is 0 Å². The first-order valence-electron chi connectivity index (χ1n) is 9.48. The lowest BCUT2D eigenvalue weighted by Crippen LogP contribution is -2.32. The second-order valence-corrected chi connectivity index (χ2v) is 8.08. The van der Waals surface area contributed by atoms with Crippen LogP contribution in [-0.4, -0.2) is 31.9 Å². The number of amides is 1. The van der Waals surface area contributed by atoms with Crippen molar-refractivity contribution in [2.75, 3.05) is 5.75 Å². The van der Waals surface area contributed by atoms with Gasteiger partial charge in [-0.05, 0) is 77.9 Å². The van der Waals surface area contributed by atoms with Gasteiger partial charge in [0.25, 0.3) is 0 Å². The number of hydrogen-bond acceptors (Lipinski definition) is 5. The molecule has 4 rings (SSSR count). The Morgan fingerprint density at radius 3 is 2.93 bits per heavy atom. The Kier molecular flexibility index (Phi) is 5.43. The van der Waals surface area contributed by atoms with Gasteiger partial charge in [-0.3, -0.25) is 4.79 Å². The highest BCUT2D eigenvalue weighted by Gasteiger charge is 2.21. The number of tetrazole rings is 1. The van der Waals surface area contributed by atoms with Crippen LogP contribution in [0.1, 0.15) is 41.1 Å². The molecular formula is C21H23N5OS. The Labute approximate surface area is 168 Å². The van der Waals surface area contributed by atoms with E-state index >= 15 is 0 Å². The highest BCUT2D eigenvalue weighted by Crippen LogP contribution is 2.29. The molecule has 1 aliphatic carbocycles. The summed E-state index contributed by atoms with van der Waals surface area (Å²) in [5.74, 6) is 0.283. The smallest absolute Gasteiger partial charge is 0.230 e. The molecule has 2 aromatic carbocycles. The van der Waals surface area contributed by atoms with Crippen molar-refractivity contribution in [3.8, 4) is 5.69 Å². The van der Waals surface area contributed by atoms with Crippen molar-refractivity contribution in [3.63, 3.8) is 0 Å². The second-order valence-electron chi connectivity index (χ2n) is 7.14. The third-order valence-corrected chi connectivity index (χ3v) is 6.13. The number of aromatic nitrogens is 4. The van der Waals surface area contributed by atoms with Gasteiger partial charge in [-0.1, -0.05) is 42.1 Å². The van der Waals surface area contributed by atoms with Gasteiger partial charge in [0, 0.05) is 0 Å². The number of hydrogen-bond donors (Lipinski definition) is 1. The normalized spacial score (nSPS) is 15.9. The number of aryl methyl sites for hydroxylation is 3. The molecule has 0 radical (unpaired) electrons. The summed E-state index contributed by atoms with van der Waals surface area (Å²) in [7, 11) is 0. The molecule has 28 heavy (non-hydrogen) atoms. The molecule has 0 unspecified atom stereocenters. The van der Waals surface area contributed by atoms with Crippen molar-refractivity contribution in [1.82, 2.24) is 25.5 Å². The van der Waals surface area contributed by atoms with Crippen molar-refractivity contribution in [2.45, 2.75) is 44.3 Å². The van der Waals surface area contributed by atoms with Gasteiger partial charge in [0.15, 0.2) is 0 Å². The van der Waals surface area contributed by atoms with Crippen LogP contribution in [0.15, 0.2) is 47.6 Å². The van der Waals surface area contributed by atoms with E-state index in [4.69, 9.17) is 0 Å². The standard InChI is InChI=1S/C21H23N5OS/c1-14-10-11-17(12-15(14)2)26-21(23-24-25-26)28-13-20(27)22-19-9-5-7-16-6-3-4-8-18(16)19/h3-4,6,8,10-12,19H,5,7,9,13H2,1-2H3,(H,22,27)/t19-/m1/s1. The molecule has 0 fully saturated rings. The molecule has 1 aromatic heterocycles. The molecular weight excluding hydrogens is 370 g/mol. The van der Waals surface area contributed by atoms with E-state index in [0.717, 1.165) is 24.9 Å². The first-order chi connectivity index (χ1) is 13.6. The van der Waals surface area contributed by atoms with E-state index in [-0.39, 0.29) is 17.7 Å². The van der Waals surface area contributed by atoms with Gasteiger partial charge < -0.3 is 5.32 Å². The van der Waals surface area contributed by atoms with Gasteiger partial charge in [0.2, 0.25) is 11.1 Å². The molecule has 1 atom stereocenters. The summed E-state index contributed by atoms with van der Waals surface area (Å²) < 4.78 is 1.68. The highest BCUT2D eigenvalue weighted by atomic mass is 32.2. The molecule has 144 valence electrons. The SMILES string of the molecule is Cc1ccc(-n2nnnc2SCC(=O)N[C@@H]2CCCc3ccccc32)cc1C. The van der Waals surface area contributed by atoms with Crippen LogP contribution in [0.5, 0.6) is 0 Å². The maximum Gasteiger partial charge on any atom is 0.230 e. The van der Waals surface area contributed by atoms with E-state index in [9.17, 15) is 4.79 Å². The van der Waals surface area contributed by atoms with E-state index in [2.05, 4.69) is 59.0 Å². The fourth-order valence-corrected chi connectivity index (χ4v) is 4.26. The van der Waals surface area contributed by atoms with Crippen molar-refractivity contribution < 1.29 is 4.79 Å². The number of rotatable bonds is 5. The van der Waals surface area contributed by atoms with Crippen molar-refractivity contribution in [1.29, 1.82) is 0 Å². The van der Waals surface area contributed by atoms with Crippen LogP contribution in [0.4, 0.5) is 0 Å². The van der Waals surface area contributed by atoms with Gasteiger partial charge in [-0.25, -0.2) is 0 Å². The van der Waals surface area contributed by atoms with Crippen LogP contribution in [0.3, 0.4) is 0 Å². The summed E-state index contributed by atoms with van der Waals surface area (Å²) in [6.45, 7) is 4.13. The number of fused-ring (bicyclic) bond motifs is 1. The highest BCUT2D eigenvalue weighted by molar-refractivity contribution is 7.99. The summed E-state index contributed by atoms with van der Waals surface area (Å²) in [6.07, 6.45) is 3.16. The monoisotopic (exact) mass is 393 g/mol. The zero-order chi connectivity index (χ0) is 19.5. The number of benzene rings is 2. The fourth-order valence-electron chi connectivity index (χ4n) is 3.56.